The third-order valence-electron chi connectivity index (χ3n) is 3.05. The second-order valence-electron chi connectivity index (χ2n) is 4.86. The minimum absolute atomic E-state index is 0.0782. The summed E-state index contributed by atoms with van der Waals surface area (Å²) in [4.78, 5) is 11.9. The highest BCUT2D eigenvalue weighted by Crippen LogP contribution is 2.26. The Morgan fingerprint density at radius 2 is 1.70 bits per heavy atom. The summed E-state index contributed by atoms with van der Waals surface area (Å²) in [5.74, 6) is 0.819. The molecule has 0 atom stereocenters. The van der Waals surface area contributed by atoms with Gasteiger partial charge in [-0.25, -0.2) is 0 Å². The van der Waals surface area contributed by atoms with Crippen LogP contribution in [0.1, 0.15) is 16.7 Å². The summed E-state index contributed by atoms with van der Waals surface area (Å²) in [5, 5.41) is 0. The molecule has 0 radical (unpaired) electrons. The molecule has 0 aliphatic heterocycles. The zero-order valence-corrected chi connectivity index (χ0v) is 13.2. The van der Waals surface area contributed by atoms with Crippen LogP contribution in [0.3, 0.4) is 0 Å². The second-order valence-corrected chi connectivity index (χ2v) is 5.65. The molecule has 0 saturated heterocycles. The van der Waals surface area contributed by atoms with E-state index in [0.717, 1.165) is 26.9 Å². The number of ketones is 1. The molecule has 0 spiro atoms. The van der Waals surface area contributed by atoms with Crippen LogP contribution >= 0.6 is 15.9 Å². The maximum atomic E-state index is 11.9. The van der Waals surface area contributed by atoms with Gasteiger partial charge in [0.1, 0.15) is 12.4 Å². The van der Waals surface area contributed by atoms with Gasteiger partial charge < -0.3 is 4.74 Å². The van der Waals surface area contributed by atoms with E-state index in [9.17, 15) is 4.79 Å². The van der Waals surface area contributed by atoms with Gasteiger partial charge in [0, 0.05) is 10.9 Å². The van der Waals surface area contributed by atoms with Crippen LogP contribution in [0.5, 0.6) is 5.75 Å². The molecule has 0 amide bonds. The fourth-order valence-electron chi connectivity index (χ4n) is 2.03. The Morgan fingerprint density at radius 3 is 2.30 bits per heavy atom. The van der Waals surface area contributed by atoms with E-state index in [-0.39, 0.29) is 12.4 Å². The maximum Gasteiger partial charge on any atom is 0.174 e. The number of benzene rings is 2. The molecule has 20 heavy (non-hydrogen) atoms. The first-order chi connectivity index (χ1) is 9.56. The summed E-state index contributed by atoms with van der Waals surface area (Å²) in [6.07, 6.45) is 0.412. The number of halogens is 1. The second kappa shape index (κ2) is 6.71. The van der Waals surface area contributed by atoms with Gasteiger partial charge in [-0.1, -0.05) is 46.3 Å². The van der Waals surface area contributed by atoms with Gasteiger partial charge in [0.25, 0.3) is 0 Å². The van der Waals surface area contributed by atoms with Crippen LogP contribution in [-0.2, 0) is 11.2 Å². The number of carbonyl (C=O) groups excluding carboxylic acids is 1. The van der Waals surface area contributed by atoms with Crippen molar-refractivity contribution >= 4 is 21.7 Å². The van der Waals surface area contributed by atoms with Crippen molar-refractivity contribution in [3.63, 3.8) is 0 Å². The molecule has 0 saturated carbocycles. The molecule has 0 fully saturated rings. The van der Waals surface area contributed by atoms with E-state index in [1.54, 1.807) is 0 Å². The lowest BCUT2D eigenvalue weighted by Crippen LogP contribution is -2.13. The van der Waals surface area contributed by atoms with E-state index in [2.05, 4.69) is 15.9 Å². The van der Waals surface area contributed by atoms with Crippen LogP contribution in [-0.4, -0.2) is 12.4 Å². The molecule has 104 valence electrons. The van der Waals surface area contributed by atoms with E-state index in [0.29, 0.717) is 6.42 Å². The smallest absolute Gasteiger partial charge is 0.174 e. The summed E-state index contributed by atoms with van der Waals surface area (Å²) < 4.78 is 6.67. The first-order valence-corrected chi connectivity index (χ1v) is 7.30. The molecule has 3 heteroatoms. The largest absolute Gasteiger partial charge is 0.486 e. The van der Waals surface area contributed by atoms with Crippen LogP contribution in [0, 0.1) is 13.8 Å². The fraction of sp³-hybridized carbons (Fsp3) is 0.235. The number of rotatable bonds is 5. The van der Waals surface area contributed by atoms with Crippen molar-refractivity contribution in [2.75, 3.05) is 6.61 Å². The summed E-state index contributed by atoms with van der Waals surface area (Å²) in [6, 6.07) is 13.6. The van der Waals surface area contributed by atoms with Crippen molar-refractivity contribution in [3.8, 4) is 5.75 Å². The number of hydrogen-bond acceptors (Lipinski definition) is 2. The van der Waals surface area contributed by atoms with Gasteiger partial charge in [0.05, 0.1) is 0 Å². The van der Waals surface area contributed by atoms with Crippen LogP contribution in [0.15, 0.2) is 46.9 Å². The molecule has 0 bridgehead atoms. The average Bonchev–Trinajstić information content (AvgIpc) is 2.43. The predicted octanol–water partition coefficient (Wildman–Crippen LogP) is 4.26. The average molecular weight is 333 g/mol. The molecule has 0 heterocycles. The van der Waals surface area contributed by atoms with Gasteiger partial charge in [0.15, 0.2) is 5.78 Å². The Bertz CT molecular complexity index is 583. The zero-order valence-electron chi connectivity index (χ0n) is 11.7. The monoisotopic (exact) mass is 332 g/mol. The van der Waals surface area contributed by atoms with Crippen LogP contribution in [0.25, 0.3) is 0 Å². The highest BCUT2D eigenvalue weighted by Gasteiger charge is 2.07. The first kappa shape index (κ1) is 14.8. The highest BCUT2D eigenvalue weighted by molar-refractivity contribution is 9.10. The van der Waals surface area contributed by atoms with E-state index in [1.165, 1.54) is 0 Å². The van der Waals surface area contributed by atoms with Gasteiger partial charge in [-0.2, -0.15) is 0 Å². The molecule has 2 nitrogen and oxygen atoms in total. The van der Waals surface area contributed by atoms with Gasteiger partial charge in [-0.3, -0.25) is 4.79 Å². The zero-order chi connectivity index (χ0) is 14.5. The predicted molar refractivity (Wildman–Crippen MR) is 84.3 cm³/mol. The standard InChI is InChI=1S/C17H17BrO2/c1-12-8-16(9-13(2)17(12)18)20-11-15(19)10-14-6-4-3-5-7-14/h3-9H,10-11H2,1-2H3. The Kier molecular flexibility index (Phi) is 4.96. The normalized spacial score (nSPS) is 10.3. The molecule has 0 aromatic heterocycles. The number of carbonyl (C=O) groups is 1. The topological polar surface area (TPSA) is 26.3 Å². The summed E-state index contributed by atoms with van der Waals surface area (Å²) in [7, 11) is 0. The Balaban J connectivity index is 1.94. The van der Waals surface area contributed by atoms with Crippen LogP contribution < -0.4 is 4.74 Å². The molecule has 2 aromatic rings. The number of ether oxygens (including phenoxy) is 1. The Labute approximate surface area is 127 Å². The number of Topliss-reactive ketones (excluding diaryl/α,β-unsaturated/α-hetero) is 1. The van der Waals surface area contributed by atoms with Crippen molar-refractivity contribution in [3.05, 3.63) is 63.6 Å². The number of aryl methyl sites for hydroxylation is 2. The van der Waals surface area contributed by atoms with Gasteiger partial charge in [0.2, 0.25) is 0 Å². The van der Waals surface area contributed by atoms with Gasteiger partial charge >= 0.3 is 0 Å². The van der Waals surface area contributed by atoms with Crippen LogP contribution in [0.4, 0.5) is 0 Å². The molecule has 0 aliphatic rings. The summed E-state index contributed by atoms with van der Waals surface area (Å²) >= 11 is 3.52. The lowest BCUT2D eigenvalue weighted by molar-refractivity contribution is -0.120. The molecule has 0 unspecified atom stereocenters. The molecule has 0 N–H and O–H groups in total. The first-order valence-electron chi connectivity index (χ1n) is 6.51. The van der Waals surface area contributed by atoms with E-state index in [1.807, 2.05) is 56.3 Å². The van der Waals surface area contributed by atoms with E-state index >= 15 is 0 Å². The van der Waals surface area contributed by atoms with Crippen LogP contribution in [0.2, 0.25) is 0 Å². The van der Waals surface area contributed by atoms with Crippen molar-refractivity contribution in [1.29, 1.82) is 0 Å². The molecular weight excluding hydrogens is 316 g/mol. The quantitative estimate of drug-likeness (QED) is 0.817. The summed E-state index contributed by atoms with van der Waals surface area (Å²) in [6.45, 7) is 4.13. The number of hydrogen-bond donors (Lipinski definition) is 0. The Hall–Kier alpha value is -1.61. The lowest BCUT2D eigenvalue weighted by Gasteiger charge is -2.09. The Morgan fingerprint density at radius 1 is 1.10 bits per heavy atom. The minimum atomic E-state index is 0.0782. The van der Waals surface area contributed by atoms with Crippen molar-refractivity contribution in [2.24, 2.45) is 0 Å². The molecule has 2 rings (SSSR count). The van der Waals surface area contributed by atoms with Crippen molar-refractivity contribution < 1.29 is 9.53 Å². The third-order valence-corrected chi connectivity index (χ3v) is 4.30. The van der Waals surface area contributed by atoms with Gasteiger partial charge in [-0.15, -0.1) is 0 Å². The van der Waals surface area contributed by atoms with Gasteiger partial charge in [-0.05, 0) is 42.7 Å². The van der Waals surface area contributed by atoms with E-state index < -0.39 is 0 Å². The fourth-order valence-corrected chi connectivity index (χ4v) is 2.26. The highest BCUT2D eigenvalue weighted by atomic mass is 79.9. The lowest BCUT2D eigenvalue weighted by atomic mass is 10.1. The SMILES string of the molecule is Cc1cc(OCC(=O)Cc2ccccc2)cc(C)c1Br. The molecular formula is C17H17BrO2. The van der Waals surface area contributed by atoms with E-state index in [4.69, 9.17) is 4.74 Å². The summed E-state index contributed by atoms with van der Waals surface area (Å²) in [5.41, 5.74) is 3.23. The minimum Gasteiger partial charge on any atom is -0.486 e. The molecule has 2 aromatic carbocycles. The molecule has 0 aliphatic carbocycles. The maximum absolute atomic E-state index is 11.9. The van der Waals surface area contributed by atoms with Crippen molar-refractivity contribution in [2.45, 2.75) is 20.3 Å². The third kappa shape index (κ3) is 3.94. The van der Waals surface area contributed by atoms with Crippen molar-refractivity contribution in [1.82, 2.24) is 0 Å².